The fourth-order valence-electron chi connectivity index (χ4n) is 2.74. The summed E-state index contributed by atoms with van der Waals surface area (Å²) in [6.07, 6.45) is 0. The molecule has 3 aromatic rings. The van der Waals surface area contributed by atoms with E-state index in [0.717, 1.165) is 22.2 Å². The van der Waals surface area contributed by atoms with E-state index in [0.29, 0.717) is 24.7 Å². The zero-order valence-corrected chi connectivity index (χ0v) is 15.4. The number of rotatable bonds is 7. The summed E-state index contributed by atoms with van der Waals surface area (Å²) in [6, 6.07) is 13.2. The number of nitrogens with zero attached hydrogens (tertiary/aromatic N) is 1. The van der Waals surface area contributed by atoms with Gasteiger partial charge in [-0.3, -0.25) is 4.57 Å². The highest BCUT2D eigenvalue weighted by Gasteiger charge is 2.35. The smallest absolute Gasteiger partial charge is 0.278 e. The second-order valence-corrected chi connectivity index (χ2v) is 6.33. The Bertz CT molecular complexity index is 867. The Morgan fingerprint density at radius 2 is 1.76 bits per heavy atom. The van der Waals surface area contributed by atoms with Crippen LogP contribution in [0.3, 0.4) is 0 Å². The highest BCUT2D eigenvalue weighted by Crippen LogP contribution is 2.39. The molecule has 0 saturated heterocycles. The number of hydrogen-bond acceptors (Lipinski definition) is 5. The molecular weight excluding hydrogens is 337 g/mol. The standard InChI is InChI=1S/C19H20NO4P/c1-4-22-19(25-21,23-5-2)15-11-9-14(10-12-15)18-20-17-13(3)7-6-8-16(17)24-18/h6-12H,4-5H2,1-3H3. The predicted octanol–water partition coefficient (Wildman–Crippen LogP) is 5.28. The van der Waals surface area contributed by atoms with Gasteiger partial charge in [0.15, 0.2) is 5.58 Å². The number of para-hydroxylation sites is 1. The molecule has 0 spiro atoms. The van der Waals surface area contributed by atoms with Crippen molar-refractivity contribution in [3.63, 3.8) is 0 Å². The topological polar surface area (TPSA) is 61.6 Å². The molecule has 2 aromatic carbocycles. The van der Waals surface area contributed by atoms with Gasteiger partial charge in [0.1, 0.15) is 5.52 Å². The van der Waals surface area contributed by atoms with Gasteiger partial charge in [0.05, 0.1) is 0 Å². The van der Waals surface area contributed by atoms with Crippen molar-refractivity contribution in [3.05, 3.63) is 53.6 Å². The van der Waals surface area contributed by atoms with E-state index in [2.05, 4.69) is 4.98 Å². The lowest BCUT2D eigenvalue weighted by Crippen LogP contribution is -2.27. The van der Waals surface area contributed by atoms with Crippen LogP contribution in [0.1, 0.15) is 25.0 Å². The quantitative estimate of drug-likeness (QED) is 0.425. The summed E-state index contributed by atoms with van der Waals surface area (Å²) in [7, 11) is -0.238. The van der Waals surface area contributed by atoms with Crippen molar-refractivity contribution in [1.82, 2.24) is 4.98 Å². The molecule has 6 heteroatoms. The van der Waals surface area contributed by atoms with Crippen LogP contribution in [0.2, 0.25) is 0 Å². The van der Waals surface area contributed by atoms with Gasteiger partial charge in [-0.05, 0) is 44.5 Å². The van der Waals surface area contributed by atoms with Crippen molar-refractivity contribution < 1.29 is 18.5 Å². The fraction of sp³-hybridized carbons (Fsp3) is 0.316. The highest BCUT2D eigenvalue weighted by atomic mass is 31.1. The van der Waals surface area contributed by atoms with Crippen molar-refractivity contribution in [1.29, 1.82) is 0 Å². The second kappa shape index (κ2) is 7.44. The Labute approximate surface area is 148 Å². The van der Waals surface area contributed by atoms with E-state index < -0.39 is 5.53 Å². The number of aryl methyl sites for hydroxylation is 1. The van der Waals surface area contributed by atoms with Crippen molar-refractivity contribution >= 4 is 19.6 Å². The van der Waals surface area contributed by atoms with Gasteiger partial charge < -0.3 is 13.9 Å². The minimum absolute atomic E-state index is 0.238. The summed E-state index contributed by atoms with van der Waals surface area (Å²) in [5.74, 6) is 0.550. The van der Waals surface area contributed by atoms with E-state index in [1.54, 1.807) is 0 Å². The van der Waals surface area contributed by atoms with E-state index in [4.69, 9.17) is 13.9 Å². The van der Waals surface area contributed by atoms with Crippen LogP contribution in [0.5, 0.6) is 0 Å². The molecule has 130 valence electrons. The summed E-state index contributed by atoms with van der Waals surface area (Å²) in [4.78, 5) is 4.57. The Kier molecular flexibility index (Phi) is 5.28. The van der Waals surface area contributed by atoms with Crippen LogP contribution in [0.25, 0.3) is 22.6 Å². The molecule has 1 heterocycles. The Hall–Kier alpha value is -2.07. The Morgan fingerprint density at radius 3 is 2.32 bits per heavy atom. The highest BCUT2D eigenvalue weighted by molar-refractivity contribution is 7.24. The van der Waals surface area contributed by atoms with E-state index in [9.17, 15) is 4.57 Å². The number of benzene rings is 2. The third-order valence-corrected chi connectivity index (χ3v) is 4.67. The average Bonchev–Trinajstić information content (AvgIpc) is 3.07. The molecule has 0 aliphatic heterocycles. The van der Waals surface area contributed by atoms with Crippen molar-refractivity contribution in [3.8, 4) is 11.5 Å². The van der Waals surface area contributed by atoms with Crippen molar-refractivity contribution in [2.75, 3.05) is 13.2 Å². The Morgan fingerprint density at radius 1 is 1.08 bits per heavy atom. The summed E-state index contributed by atoms with van der Waals surface area (Å²) in [5.41, 5.74) is 2.93. The first kappa shape index (κ1) is 17.7. The first-order chi connectivity index (χ1) is 12.1. The second-order valence-electron chi connectivity index (χ2n) is 5.56. The number of ether oxygens (including phenoxy) is 2. The third-order valence-electron chi connectivity index (χ3n) is 3.92. The molecule has 0 aliphatic carbocycles. The lowest BCUT2D eigenvalue weighted by molar-refractivity contribution is -0.176. The van der Waals surface area contributed by atoms with Crippen LogP contribution in [0.4, 0.5) is 0 Å². The molecule has 0 unspecified atom stereocenters. The maximum atomic E-state index is 11.7. The van der Waals surface area contributed by atoms with Crippen LogP contribution in [0.15, 0.2) is 46.9 Å². The predicted molar refractivity (Wildman–Crippen MR) is 96.7 cm³/mol. The minimum Gasteiger partial charge on any atom is -0.436 e. The van der Waals surface area contributed by atoms with E-state index >= 15 is 0 Å². The monoisotopic (exact) mass is 357 g/mol. The van der Waals surface area contributed by atoms with E-state index in [1.165, 1.54) is 0 Å². The zero-order chi connectivity index (χ0) is 17.9. The maximum absolute atomic E-state index is 11.7. The van der Waals surface area contributed by atoms with Gasteiger partial charge in [-0.25, -0.2) is 4.98 Å². The molecule has 0 N–H and O–H groups in total. The van der Waals surface area contributed by atoms with Gasteiger partial charge in [0, 0.05) is 24.3 Å². The third kappa shape index (κ3) is 3.36. The molecule has 0 amide bonds. The molecule has 0 atom stereocenters. The molecule has 0 aliphatic rings. The number of hydrogen-bond donors (Lipinski definition) is 0. The first-order valence-electron chi connectivity index (χ1n) is 8.23. The van der Waals surface area contributed by atoms with Crippen LogP contribution in [-0.2, 0) is 19.6 Å². The van der Waals surface area contributed by atoms with Gasteiger partial charge in [-0.15, -0.1) is 0 Å². The number of aromatic nitrogens is 1. The normalized spacial score (nSPS) is 12.1. The van der Waals surface area contributed by atoms with Crippen LogP contribution >= 0.6 is 8.46 Å². The molecule has 0 bridgehead atoms. The van der Waals surface area contributed by atoms with Gasteiger partial charge >= 0.3 is 0 Å². The number of oxazole rings is 1. The summed E-state index contributed by atoms with van der Waals surface area (Å²) in [5, 5.41) is 0. The summed E-state index contributed by atoms with van der Waals surface area (Å²) >= 11 is 0. The molecule has 0 saturated carbocycles. The van der Waals surface area contributed by atoms with E-state index in [1.807, 2.05) is 63.2 Å². The first-order valence-corrected chi connectivity index (χ1v) is 9.04. The SMILES string of the molecule is CCOC(OCC)(P=O)c1ccc(-c2nc3c(C)cccc3o2)cc1. The largest absolute Gasteiger partial charge is 0.436 e. The molecule has 25 heavy (non-hydrogen) atoms. The van der Waals surface area contributed by atoms with Gasteiger partial charge in [-0.2, -0.15) is 0 Å². The lowest BCUT2D eigenvalue weighted by Gasteiger charge is -2.26. The maximum Gasteiger partial charge on any atom is 0.278 e. The van der Waals surface area contributed by atoms with Crippen molar-refractivity contribution in [2.45, 2.75) is 26.3 Å². The zero-order valence-electron chi connectivity index (χ0n) is 14.5. The van der Waals surface area contributed by atoms with E-state index in [-0.39, 0.29) is 8.46 Å². The van der Waals surface area contributed by atoms with Gasteiger partial charge in [0.2, 0.25) is 14.4 Å². The van der Waals surface area contributed by atoms with Gasteiger partial charge in [0.25, 0.3) is 5.53 Å². The van der Waals surface area contributed by atoms with Crippen LogP contribution in [0, 0.1) is 6.92 Å². The van der Waals surface area contributed by atoms with Crippen LogP contribution < -0.4 is 0 Å². The molecule has 1 aromatic heterocycles. The van der Waals surface area contributed by atoms with Crippen LogP contribution in [-0.4, -0.2) is 18.2 Å². The van der Waals surface area contributed by atoms with Crippen molar-refractivity contribution in [2.24, 2.45) is 0 Å². The lowest BCUT2D eigenvalue weighted by atomic mass is 10.1. The van der Waals surface area contributed by atoms with Gasteiger partial charge in [-0.1, -0.05) is 24.3 Å². The molecule has 0 radical (unpaired) electrons. The summed E-state index contributed by atoms with van der Waals surface area (Å²) < 4.78 is 28.8. The Balaban J connectivity index is 1.97. The minimum atomic E-state index is -1.28. The summed E-state index contributed by atoms with van der Waals surface area (Å²) in [6.45, 7) is 6.47. The molecule has 3 rings (SSSR count). The average molecular weight is 357 g/mol. The molecule has 5 nitrogen and oxygen atoms in total. The number of fused-ring (bicyclic) bond motifs is 1. The molecule has 0 fully saturated rings. The fourth-order valence-corrected chi connectivity index (χ4v) is 3.36. The molecular formula is C19H20NO4P.